The second-order valence-electron chi connectivity index (χ2n) is 7.61. The number of carbonyl (C=O) groups excluding carboxylic acids is 2. The second-order valence-corrected chi connectivity index (χ2v) is 7.61. The number of Topliss-reactive ketones (excluding diaryl/α,β-unsaturated/α-hetero) is 1. The number of likely N-dealkylation sites (tertiary alicyclic amines) is 1. The van der Waals surface area contributed by atoms with Gasteiger partial charge in [0.25, 0.3) is 11.5 Å². The molecule has 0 radical (unpaired) electrons. The number of carbonyl (C=O) groups is 2. The van der Waals surface area contributed by atoms with Crippen molar-refractivity contribution < 1.29 is 9.59 Å². The molecule has 1 amide bonds. The molecule has 0 bridgehead atoms. The predicted octanol–water partition coefficient (Wildman–Crippen LogP) is 1.58. The first-order chi connectivity index (χ1) is 13.5. The van der Waals surface area contributed by atoms with E-state index < -0.39 is 0 Å². The van der Waals surface area contributed by atoms with Crippen molar-refractivity contribution in [1.82, 2.24) is 24.6 Å². The van der Waals surface area contributed by atoms with Gasteiger partial charge >= 0.3 is 0 Å². The van der Waals surface area contributed by atoms with E-state index in [2.05, 4.69) is 15.1 Å². The lowest BCUT2D eigenvalue weighted by molar-refractivity contribution is -0.123. The largest absolute Gasteiger partial charge is 0.338 e. The van der Waals surface area contributed by atoms with E-state index in [4.69, 9.17) is 0 Å². The highest BCUT2D eigenvalue weighted by Crippen LogP contribution is 2.23. The van der Waals surface area contributed by atoms with Crippen LogP contribution in [0.1, 0.15) is 59.9 Å². The smallest absolute Gasteiger partial charge is 0.257 e. The first kappa shape index (κ1) is 18.6. The molecule has 2 aromatic heterocycles. The SMILES string of the molecule is CCC(=O)C1CCN(C(=O)c2cnn(-c3nc4c(c(=O)[nH]3)CCC4)c2C)CC1. The van der Waals surface area contributed by atoms with Crippen molar-refractivity contribution in [2.45, 2.75) is 52.4 Å². The van der Waals surface area contributed by atoms with Gasteiger partial charge in [0.2, 0.25) is 5.95 Å². The zero-order valence-corrected chi connectivity index (χ0v) is 16.3. The van der Waals surface area contributed by atoms with E-state index in [9.17, 15) is 14.4 Å². The Balaban J connectivity index is 1.55. The Labute approximate surface area is 163 Å². The highest BCUT2D eigenvalue weighted by molar-refractivity contribution is 5.95. The number of hydrogen-bond donors (Lipinski definition) is 1. The standard InChI is InChI=1S/C20H25N5O3/c1-3-17(26)13-7-9-24(10-8-13)19(28)15-11-21-25(12(15)2)20-22-16-6-4-5-14(16)18(27)23-20/h11,13H,3-10H2,1-2H3,(H,22,23,27). The fourth-order valence-electron chi connectivity index (χ4n) is 4.23. The molecule has 0 atom stereocenters. The predicted molar refractivity (Wildman–Crippen MR) is 103 cm³/mol. The minimum Gasteiger partial charge on any atom is -0.338 e. The van der Waals surface area contributed by atoms with Gasteiger partial charge < -0.3 is 4.90 Å². The summed E-state index contributed by atoms with van der Waals surface area (Å²) in [5.41, 5.74) is 2.61. The Morgan fingerprint density at radius 3 is 2.71 bits per heavy atom. The third kappa shape index (κ3) is 3.16. The molecule has 0 unspecified atom stereocenters. The lowest BCUT2D eigenvalue weighted by Gasteiger charge is -2.31. The van der Waals surface area contributed by atoms with Crippen LogP contribution in [0, 0.1) is 12.8 Å². The van der Waals surface area contributed by atoms with E-state index in [1.54, 1.807) is 11.8 Å². The van der Waals surface area contributed by atoms with Gasteiger partial charge in [-0.3, -0.25) is 19.4 Å². The maximum absolute atomic E-state index is 13.0. The van der Waals surface area contributed by atoms with Gasteiger partial charge in [0.05, 0.1) is 23.1 Å². The molecule has 0 spiro atoms. The van der Waals surface area contributed by atoms with Crippen LogP contribution in [-0.2, 0) is 17.6 Å². The van der Waals surface area contributed by atoms with E-state index in [1.807, 2.05) is 6.92 Å². The summed E-state index contributed by atoms with van der Waals surface area (Å²) in [7, 11) is 0. The van der Waals surface area contributed by atoms with Gasteiger partial charge in [-0.15, -0.1) is 0 Å². The molecular weight excluding hydrogens is 358 g/mol. The van der Waals surface area contributed by atoms with Crippen molar-refractivity contribution in [1.29, 1.82) is 0 Å². The number of fused-ring (bicyclic) bond motifs is 1. The lowest BCUT2D eigenvalue weighted by Crippen LogP contribution is -2.40. The van der Waals surface area contributed by atoms with Gasteiger partial charge in [0, 0.05) is 31.0 Å². The van der Waals surface area contributed by atoms with Crippen LogP contribution in [0.4, 0.5) is 0 Å². The number of hydrogen-bond acceptors (Lipinski definition) is 5. The number of aromatic nitrogens is 4. The quantitative estimate of drug-likeness (QED) is 0.864. The van der Waals surface area contributed by atoms with Gasteiger partial charge in [0.15, 0.2) is 0 Å². The van der Waals surface area contributed by atoms with Crippen LogP contribution in [0.2, 0.25) is 0 Å². The molecule has 8 heteroatoms. The molecule has 1 saturated heterocycles. The van der Waals surface area contributed by atoms with Gasteiger partial charge in [-0.1, -0.05) is 6.92 Å². The summed E-state index contributed by atoms with van der Waals surface area (Å²) in [6.45, 7) is 4.84. The summed E-state index contributed by atoms with van der Waals surface area (Å²) in [6.07, 6.45) is 6.01. The molecule has 0 aromatic carbocycles. The molecule has 0 saturated carbocycles. The van der Waals surface area contributed by atoms with Crippen LogP contribution in [0.3, 0.4) is 0 Å². The van der Waals surface area contributed by atoms with Crippen LogP contribution in [0.15, 0.2) is 11.0 Å². The number of piperidine rings is 1. The average Bonchev–Trinajstić information content (AvgIpc) is 3.33. The maximum Gasteiger partial charge on any atom is 0.257 e. The molecule has 2 aromatic rings. The summed E-state index contributed by atoms with van der Waals surface area (Å²) >= 11 is 0. The minimum atomic E-state index is -0.122. The summed E-state index contributed by atoms with van der Waals surface area (Å²) in [4.78, 5) is 46.2. The number of rotatable bonds is 4. The topological polar surface area (TPSA) is 101 Å². The molecule has 2 aliphatic rings. The van der Waals surface area contributed by atoms with Crippen molar-refractivity contribution in [3.05, 3.63) is 39.1 Å². The molecule has 8 nitrogen and oxygen atoms in total. The summed E-state index contributed by atoms with van der Waals surface area (Å²) in [6, 6.07) is 0. The number of ketones is 1. The number of nitrogens with one attached hydrogen (secondary N) is 1. The van der Waals surface area contributed by atoms with Crippen molar-refractivity contribution in [2.75, 3.05) is 13.1 Å². The summed E-state index contributed by atoms with van der Waals surface area (Å²) in [5, 5.41) is 4.31. The molecule has 1 fully saturated rings. The summed E-state index contributed by atoms with van der Waals surface area (Å²) < 4.78 is 1.53. The number of H-pyrrole nitrogens is 1. The first-order valence-electron chi connectivity index (χ1n) is 9.98. The van der Waals surface area contributed by atoms with E-state index in [1.165, 1.54) is 10.9 Å². The van der Waals surface area contributed by atoms with Crippen LogP contribution >= 0.6 is 0 Å². The number of aromatic amines is 1. The van der Waals surface area contributed by atoms with Gasteiger partial charge in [-0.2, -0.15) is 5.10 Å². The third-order valence-electron chi connectivity index (χ3n) is 5.96. The molecule has 3 heterocycles. The average molecular weight is 383 g/mol. The highest BCUT2D eigenvalue weighted by Gasteiger charge is 2.29. The summed E-state index contributed by atoms with van der Waals surface area (Å²) in [5.74, 6) is 0.616. The van der Waals surface area contributed by atoms with Gasteiger partial charge in [-0.05, 0) is 39.0 Å². The highest BCUT2D eigenvalue weighted by atomic mass is 16.2. The molecule has 28 heavy (non-hydrogen) atoms. The fraction of sp³-hybridized carbons (Fsp3) is 0.550. The Bertz CT molecular complexity index is 982. The lowest BCUT2D eigenvalue weighted by atomic mass is 9.91. The molecule has 148 valence electrons. The first-order valence-corrected chi connectivity index (χ1v) is 9.98. The Kier molecular flexibility index (Phi) is 4.87. The van der Waals surface area contributed by atoms with Crippen LogP contribution in [-0.4, -0.2) is 49.4 Å². The number of aryl methyl sites for hydroxylation is 1. The zero-order valence-electron chi connectivity index (χ0n) is 16.3. The van der Waals surface area contributed by atoms with Crippen molar-refractivity contribution in [3.63, 3.8) is 0 Å². The van der Waals surface area contributed by atoms with E-state index in [-0.39, 0.29) is 23.2 Å². The molecule has 4 rings (SSSR count). The van der Waals surface area contributed by atoms with E-state index in [0.29, 0.717) is 49.6 Å². The van der Waals surface area contributed by atoms with Crippen LogP contribution < -0.4 is 5.56 Å². The Morgan fingerprint density at radius 1 is 1.25 bits per heavy atom. The molecule has 1 aliphatic heterocycles. The third-order valence-corrected chi connectivity index (χ3v) is 5.96. The van der Waals surface area contributed by atoms with Crippen LogP contribution in [0.25, 0.3) is 5.95 Å². The molecule has 1 aliphatic carbocycles. The maximum atomic E-state index is 13.0. The number of amides is 1. The monoisotopic (exact) mass is 383 g/mol. The molecular formula is C20H25N5O3. The van der Waals surface area contributed by atoms with Crippen molar-refractivity contribution in [3.8, 4) is 5.95 Å². The molecule has 1 N–H and O–H groups in total. The normalized spacial score (nSPS) is 17.0. The van der Waals surface area contributed by atoms with Gasteiger partial charge in [0.1, 0.15) is 5.78 Å². The fourth-order valence-corrected chi connectivity index (χ4v) is 4.23. The van der Waals surface area contributed by atoms with E-state index in [0.717, 1.165) is 30.5 Å². The van der Waals surface area contributed by atoms with E-state index >= 15 is 0 Å². The zero-order chi connectivity index (χ0) is 19.8. The minimum absolute atomic E-state index is 0.0681. The van der Waals surface area contributed by atoms with Crippen molar-refractivity contribution in [2.24, 2.45) is 5.92 Å². The second kappa shape index (κ2) is 7.33. The Hall–Kier alpha value is -2.77. The van der Waals surface area contributed by atoms with Gasteiger partial charge in [-0.25, -0.2) is 9.67 Å². The van der Waals surface area contributed by atoms with Crippen molar-refractivity contribution >= 4 is 11.7 Å². The Morgan fingerprint density at radius 2 is 2.00 bits per heavy atom. The van der Waals surface area contributed by atoms with Crippen LogP contribution in [0.5, 0.6) is 0 Å². The number of nitrogens with zero attached hydrogens (tertiary/aromatic N) is 4.